The highest BCUT2D eigenvalue weighted by molar-refractivity contribution is 5.45. The summed E-state index contributed by atoms with van der Waals surface area (Å²) in [7, 11) is 0. The van der Waals surface area contributed by atoms with Crippen molar-refractivity contribution >= 4 is 5.95 Å². The fourth-order valence-corrected chi connectivity index (χ4v) is 2.52. The van der Waals surface area contributed by atoms with Gasteiger partial charge in [0.15, 0.2) is 0 Å². The van der Waals surface area contributed by atoms with Crippen molar-refractivity contribution in [2.24, 2.45) is 0 Å². The zero-order chi connectivity index (χ0) is 13.1. The van der Waals surface area contributed by atoms with Gasteiger partial charge in [-0.25, -0.2) is 4.98 Å². The Kier molecular flexibility index (Phi) is 3.51. The molecule has 0 unspecified atom stereocenters. The van der Waals surface area contributed by atoms with Gasteiger partial charge in [-0.05, 0) is 24.1 Å². The van der Waals surface area contributed by atoms with Gasteiger partial charge in [-0.3, -0.25) is 4.57 Å². The molecule has 0 saturated carbocycles. The minimum Gasteiger partial charge on any atom is -0.339 e. The molecule has 0 bridgehead atoms. The number of rotatable bonds is 3. The van der Waals surface area contributed by atoms with Gasteiger partial charge in [0.25, 0.3) is 0 Å². The van der Waals surface area contributed by atoms with E-state index in [1.54, 1.807) is 0 Å². The number of anilines is 1. The predicted molar refractivity (Wildman–Crippen MR) is 78.0 cm³/mol. The Balaban J connectivity index is 1.94. The molecule has 3 rings (SSSR count). The molecule has 0 radical (unpaired) electrons. The van der Waals surface area contributed by atoms with Crippen molar-refractivity contribution in [2.75, 3.05) is 31.1 Å². The van der Waals surface area contributed by atoms with Crippen molar-refractivity contribution in [1.29, 1.82) is 0 Å². The van der Waals surface area contributed by atoms with E-state index in [-0.39, 0.29) is 0 Å². The Labute approximate surface area is 114 Å². The van der Waals surface area contributed by atoms with E-state index in [0.717, 1.165) is 38.5 Å². The van der Waals surface area contributed by atoms with Crippen molar-refractivity contribution in [2.45, 2.75) is 13.3 Å². The predicted octanol–water partition coefficient (Wildman–Crippen LogP) is 1.84. The van der Waals surface area contributed by atoms with Crippen molar-refractivity contribution < 1.29 is 0 Å². The second-order valence-electron chi connectivity index (χ2n) is 4.86. The van der Waals surface area contributed by atoms with Crippen LogP contribution >= 0.6 is 0 Å². The Morgan fingerprint density at radius 2 is 2.11 bits per heavy atom. The van der Waals surface area contributed by atoms with Gasteiger partial charge in [-0.2, -0.15) is 0 Å². The standard InChI is InChI=1S/C15H20N4/c1-2-13-4-3-5-14(12-13)19-11-8-17-15(19)18-9-6-16-7-10-18/h3-5,8,11-12,16H,2,6-7,9-10H2,1H3. The monoisotopic (exact) mass is 256 g/mol. The lowest BCUT2D eigenvalue weighted by Crippen LogP contribution is -2.44. The van der Waals surface area contributed by atoms with E-state index >= 15 is 0 Å². The average Bonchev–Trinajstić information content (AvgIpc) is 2.98. The van der Waals surface area contributed by atoms with Gasteiger partial charge >= 0.3 is 0 Å². The molecule has 1 aromatic heterocycles. The van der Waals surface area contributed by atoms with Gasteiger partial charge in [0.1, 0.15) is 0 Å². The van der Waals surface area contributed by atoms with Crippen LogP contribution in [0.15, 0.2) is 36.7 Å². The molecule has 1 fully saturated rings. The summed E-state index contributed by atoms with van der Waals surface area (Å²) in [6.45, 7) is 6.28. The molecule has 0 spiro atoms. The maximum Gasteiger partial charge on any atom is 0.210 e. The summed E-state index contributed by atoms with van der Waals surface area (Å²) in [5, 5.41) is 3.38. The first kappa shape index (κ1) is 12.2. The third kappa shape index (κ3) is 2.49. The number of nitrogens with one attached hydrogen (secondary N) is 1. The third-order valence-corrected chi connectivity index (χ3v) is 3.62. The zero-order valence-corrected chi connectivity index (χ0v) is 11.3. The van der Waals surface area contributed by atoms with Crippen molar-refractivity contribution in [1.82, 2.24) is 14.9 Å². The number of imidazole rings is 1. The normalized spacial score (nSPS) is 15.7. The Morgan fingerprint density at radius 1 is 1.26 bits per heavy atom. The van der Waals surface area contributed by atoms with E-state index in [0.29, 0.717) is 0 Å². The lowest BCUT2D eigenvalue weighted by Gasteiger charge is -2.28. The second-order valence-corrected chi connectivity index (χ2v) is 4.86. The number of nitrogens with zero attached hydrogens (tertiary/aromatic N) is 3. The molecular formula is C15H20N4. The van der Waals surface area contributed by atoms with Gasteiger partial charge in [0.2, 0.25) is 5.95 Å². The van der Waals surface area contributed by atoms with Gasteiger partial charge in [-0.1, -0.05) is 19.1 Å². The topological polar surface area (TPSA) is 33.1 Å². The summed E-state index contributed by atoms with van der Waals surface area (Å²) in [4.78, 5) is 6.88. The third-order valence-electron chi connectivity index (χ3n) is 3.62. The van der Waals surface area contributed by atoms with Crippen LogP contribution in [0.2, 0.25) is 0 Å². The molecule has 1 N–H and O–H groups in total. The highest BCUT2D eigenvalue weighted by Gasteiger charge is 2.15. The number of piperazine rings is 1. The van der Waals surface area contributed by atoms with E-state index in [1.165, 1.54) is 11.3 Å². The molecular weight excluding hydrogens is 236 g/mol. The quantitative estimate of drug-likeness (QED) is 0.909. The SMILES string of the molecule is CCc1cccc(-n2ccnc2N2CCNCC2)c1. The second kappa shape index (κ2) is 5.45. The fraction of sp³-hybridized carbons (Fsp3) is 0.400. The van der Waals surface area contributed by atoms with Gasteiger partial charge in [0.05, 0.1) is 0 Å². The highest BCUT2D eigenvalue weighted by Crippen LogP contribution is 2.19. The van der Waals surface area contributed by atoms with Crippen molar-refractivity contribution in [3.8, 4) is 5.69 Å². The Bertz CT molecular complexity index is 541. The van der Waals surface area contributed by atoms with Crippen LogP contribution in [0.5, 0.6) is 0 Å². The van der Waals surface area contributed by atoms with Crippen LogP contribution in [0.4, 0.5) is 5.95 Å². The van der Waals surface area contributed by atoms with Crippen LogP contribution in [-0.2, 0) is 6.42 Å². The highest BCUT2D eigenvalue weighted by atomic mass is 15.3. The smallest absolute Gasteiger partial charge is 0.210 e. The summed E-state index contributed by atoms with van der Waals surface area (Å²) in [5.74, 6) is 1.05. The molecule has 4 heteroatoms. The summed E-state index contributed by atoms with van der Waals surface area (Å²) < 4.78 is 2.18. The summed E-state index contributed by atoms with van der Waals surface area (Å²) in [6, 6.07) is 8.68. The summed E-state index contributed by atoms with van der Waals surface area (Å²) >= 11 is 0. The molecule has 19 heavy (non-hydrogen) atoms. The molecule has 100 valence electrons. The molecule has 0 atom stereocenters. The number of benzene rings is 1. The molecule has 2 heterocycles. The summed E-state index contributed by atoms with van der Waals surface area (Å²) in [5.41, 5.74) is 2.56. The van der Waals surface area contributed by atoms with Crippen LogP contribution < -0.4 is 10.2 Å². The molecule has 1 aromatic carbocycles. The molecule has 0 amide bonds. The van der Waals surface area contributed by atoms with E-state index in [1.807, 2.05) is 12.4 Å². The number of hydrogen-bond acceptors (Lipinski definition) is 3. The van der Waals surface area contributed by atoms with Crippen molar-refractivity contribution in [3.63, 3.8) is 0 Å². The van der Waals surface area contributed by atoms with E-state index in [9.17, 15) is 0 Å². The minimum absolute atomic E-state index is 1.02. The van der Waals surface area contributed by atoms with Crippen molar-refractivity contribution in [3.05, 3.63) is 42.2 Å². The molecule has 1 aliphatic heterocycles. The number of aryl methyl sites for hydroxylation is 1. The number of hydrogen-bond donors (Lipinski definition) is 1. The van der Waals surface area contributed by atoms with Crippen LogP contribution in [0.25, 0.3) is 5.69 Å². The zero-order valence-electron chi connectivity index (χ0n) is 11.3. The Morgan fingerprint density at radius 3 is 2.89 bits per heavy atom. The maximum absolute atomic E-state index is 4.53. The van der Waals surface area contributed by atoms with E-state index < -0.39 is 0 Å². The van der Waals surface area contributed by atoms with Crippen LogP contribution in [0.1, 0.15) is 12.5 Å². The molecule has 0 aliphatic carbocycles. The van der Waals surface area contributed by atoms with Crippen LogP contribution in [-0.4, -0.2) is 35.7 Å². The largest absolute Gasteiger partial charge is 0.339 e. The van der Waals surface area contributed by atoms with Gasteiger partial charge in [-0.15, -0.1) is 0 Å². The molecule has 1 saturated heterocycles. The Hall–Kier alpha value is -1.81. The summed E-state index contributed by atoms with van der Waals surface area (Å²) in [6.07, 6.45) is 4.99. The van der Waals surface area contributed by atoms with E-state index in [4.69, 9.17) is 0 Å². The first-order valence-electron chi connectivity index (χ1n) is 6.97. The van der Waals surface area contributed by atoms with E-state index in [2.05, 4.69) is 51.0 Å². The lowest BCUT2D eigenvalue weighted by atomic mass is 10.1. The van der Waals surface area contributed by atoms with Crippen LogP contribution in [0, 0.1) is 0 Å². The van der Waals surface area contributed by atoms with Gasteiger partial charge < -0.3 is 10.2 Å². The minimum atomic E-state index is 1.02. The molecule has 2 aromatic rings. The first-order chi connectivity index (χ1) is 9.38. The number of aromatic nitrogens is 2. The maximum atomic E-state index is 4.53. The first-order valence-corrected chi connectivity index (χ1v) is 6.97. The average molecular weight is 256 g/mol. The van der Waals surface area contributed by atoms with Crippen LogP contribution in [0.3, 0.4) is 0 Å². The lowest BCUT2D eigenvalue weighted by molar-refractivity contribution is 0.577. The molecule has 1 aliphatic rings. The molecule has 4 nitrogen and oxygen atoms in total. The van der Waals surface area contributed by atoms with Gasteiger partial charge in [0, 0.05) is 44.3 Å². The fourth-order valence-electron chi connectivity index (χ4n) is 2.52.